The van der Waals surface area contributed by atoms with Crippen molar-refractivity contribution >= 4 is 0 Å². The summed E-state index contributed by atoms with van der Waals surface area (Å²) in [4.78, 5) is 2.43. The van der Waals surface area contributed by atoms with Crippen LogP contribution in [0.15, 0.2) is 53.2 Å². The van der Waals surface area contributed by atoms with Gasteiger partial charge in [-0.3, -0.25) is 10.00 Å². The molecule has 1 aromatic carbocycles. The molecule has 0 spiro atoms. The molecule has 0 saturated carbocycles. The van der Waals surface area contributed by atoms with Crippen molar-refractivity contribution in [2.24, 2.45) is 0 Å². The largest absolute Gasteiger partial charge is 0.359 e. The number of aromatic nitrogens is 3. The van der Waals surface area contributed by atoms with Crippen LogP contribution in [0.2, 0.25) is 0 Å². The SMILES string of the molecule is c1ccc(-c2cc(CN3CCC(c4ccn[nH]4)CC3)on2)cc1. The van der Waals surface area contributed by atoms with Crippen LogP contribution in [0.5, 0.6) is 0 Å². The minimum Gasteiger partial charge on any atom is -0.359 e. The molecule has 3 aromatic rings. The third kappa shape index (κ3) is 3.19. The molecule has 0 bridgehead atoms. The van der Waals surface area contributed by atoms with Crippen LogP contribution in [0.25, 0.3) is 11.3 Å². The Hall–Kier alpha value is -2.40. The van der Waals surface area contributed by atoms with Crippen LogP contribution in [0, 0.1) is 0 Å². The van der Waals surface area contributed by atoms with E-state index < -0.39 is 0 Å². The summed E-state index contributed by atoms with van der Waals surface area (Å²) >= 11 is 0. The van der Waals surface area contributed by atoms with Gasteiger partial charge in [-0.1, -0.05) is 35.5 Å². The minimum atomic E-state index is 0.600. The summed E-state index contributed by atoms with van der Waals surface area (Å²) in [6.07, 6.45) is 4.14. The second kappa shape index (κ2) is 6.38. The van der Waals surface area contributed by atoms with E-state index in [1.165, 1.54) is 5.69 Å². The molecule has 0 atom stereocenters. The van der Waals surface area contributed by atoms with Gasteiger partial charge >= 0.3 is 0 Å². The molecule has 1 fully saturated rings. The maximum Gasteiger partial charge on any atom is 0.151 e. The first kappa shape index (κ1) is 14.2. The minimum absolute atomic E-state index is 0.600. The first-order valence-electron chi connectivity index (χ1n) is 8.11. The molecule has 23 heavy (non-hydrogen) atoms. The van der Waals surface area contributed by atoms with Crippen LogP contribution in [-0.4, -0.2) is 33.3 Å². The van der Waals surface area contributed by atoms with Gasteiger partial charge in [-0.25, -0.2) is 0 Å². The molecule has 0 radical (unpaired) electrons. The summed E-state index contributed by atoms with van der Waals surface area (Å²) in [5.41, 5.74) is 3.27. The molecule has 2 aromatic heterocycles. The second-order valence-electron chi connectivity index (χ2n) is 6.11. The fourth-order valence-corrected chi connectivity index (χ4v) is 3.25. The van der Waals surface area contributed by atoms with Crippen molar-refractivity contribution in [3.05, 3.63) is 60.1 Å². The predicted molar refractivity (Wildman–Crippen MR) is 87.8 cm³/mol. The lowest BCUT2D eigenvalue weighted by Gasteiger charge is -2.30. The van der Waals surface area contributed by atoms with E-state index in [4.69, 9.17) is 4.52 Å². The van der Waals surface area contributed by atoms with Crippen LogP contribution in [-0.2, 0) is 6.54 Å². The number of piperidine rings is 1. The van der Waals surface area contributed by atoms with E-state index >= 15 is 0 Å². The zero-order valence-corrected chi connectivity index (χ0v) is 13.0. The van der Waals surface area contributed by atoms with Crippen molar-refractivity contribution < 1.29 is 4.52 Å². The Kier molecular flexibility index (Phi) is 3.94. The highest BCUT2D eigenvalue weighted by Crippen LogP contribution is 2.27. The van der Waals surface area contributed by atoms with Gasteiger partial charge in [0.05, 0.1) is 6.54 Å². The highest BCUT2D eigenvalue weighted by molar-refractivity contribution is 5.58. The van der Waals surface area contributed by atoms with E-state index in [1.807, 2.05) is 24.4 Å². The molecule has 1 aliphatic rings. The number of likely N-dealkylation sites (tertiary alicyclic amines) is 1. The topological polar surface area (TPSA) is 58.0 Å². The number of hydrogen-bond donors (Lipinski definition) is 1. The number of rotatable bonds is 4. The molecule has 5 nitrogen and oxygen atoms in total. The summed E-state index contributed by atoms with van der Waals surface area (Å²) in [6.45, 7) is 2.98. The van der Waals surface area contributed by atoms with E-state index in [0.717, 1.165) is 49.5 Å². The maximum atomic E-state index is 5.51. The molecule has 1 saturated heterocycles. The van der Waals surface area contributed by atoms with Crippen LogP contribution < -0.4 is 0 Å². The Balaban J connectivity index is 1.36. The van der Waals surface area contributed by atoms with Gasteiger partial charge in [-0.05, 0) is 32.0 Å². The molecule has 0 aliphatic carbocycles. The van der Waals surface area contributed by atoms with Gasteiger partial charge in [0.1, 0.15) is 5.69 Å². The number of aromatic amines is 1. The summed E-state index contributed by atoms with van der Waals surface area (Å²) in [5.74, 6) is 1.53. The van der Waals surface area contributed by atoms with E-state index in [2.05, 4.69) is 44.5 Å². The van der Waals surface area contributed by atoms with Crippen LogP contribution in [0.3, 0.4) is 0 Å². The van der Waals surface area contributed by atoms with Gasteiger partial charge in [-0.15, -0.1) is 0 Å². The highest BCUT2D eigenvalue weighted by atomic mass is 16.5. The molecule has 0 amide bonds. The van der Waals surface area contributed by atoms with Crippen LogP contribution in [0.4, 0.5) is 0 Å². The number of nitrogens with one attached hydrogen (secondary N) is 1. The fraction of sp³-hybridized carbons (Fsp3) is 0.333. The summed E-state index contributed by atoms with van der Waals surface area (Å²) < 4.78 is 5.51. The predicted octanol–water partition coefficient (Wildman–Crippen LogP) is 3.44. The lowest BCUT2D eigenvalue weighted by Crippen LogP contribution is -2.32. The molecular formula is C18H20N4O. The molecule has 118 valence electrons. The maximum absolute atomic E-state index is 5.51. The number of H-pyrrole nitrogens is 1. The van der Waals surface area contributed by atoms with Crippen molar-refractivity contribution in [2.45, 2.75) is 25.3 Å². The van der Waals surface area contributed by atoms with E-state index in [-0.39, 0.29) is 0 Å². The quantitative estimate of drug-likeness (QED) is 0.802. The monoisotopic (exact) mass is 308 g/mol. The van der Waals surface area contributed by atoms with Gasteiger partial charge in [-0.2, -0.15) is 5.10 Å². The molecule has 1 N–H and O–H groups in total. The molecule has 1 aliphatic heterocycles. The molecular weight excluding hydrogens is 288 g/mol. The lowest BCUT2D eigenvalue weighted by atomic mass is 9.93. The Morgan fingerprint density at radius 3 is 2.70 bits per heavy atom. The number of nitrogens with zero attached hydrogens (tertiary/aromatic N) is 3. The highest BCUT2D eigenvalue weighted by Gasteiger charge is 2.22. The Morgan fingerprint density at radius 2 is 1.96 bits per heavy atom. The standard InChI is InChI=1S/C18H20N4O/c1-2-4-14(5-3-1)18-12-16(23-21-18)13-22-10-7-15(8-11-22)17-6-9-19-20-17/h1-6,9,12,15H,7-8,10-11,13H2,(H,19,20). The van der Waals surface area contributed by atoms with Gasteiger partial charge in [0.25, 0.3) is 0 Å². The number of benzene rings is 1. The molecule has 4 rings (SSSR count). The first-order chi connectivity index (χ1) is 11.4. The first-order valence-corrected chi connectivity index (χ1v) is 8.11. The summed E-state index contributed by atoms with van der Waals surface area (Å²) in [5, 5.41) is 11.3. The second-order valence-corrected chi connectivity index (χ2v) is 6.11. The van der Waals surface area contributed by atoms with Gasteiger partial charge in [0.2, 0.25) is 0 Å². The smallest absolute Gasteiger partial charge is 0.151 e. The van der Waals surface area contributed by atoms with Gasteiger partial charge in [0.15, 0.2) is 5.76 Å². The van der Waals surface area contributed by atoms with Crippen LogP contribution in [0.1, 0.15) is 30.2 Å². The molecule has 0 unspecified atom stereocenters. The van der Waals surface area contributed by atoms with Crippen molar-refractivity contribution in [2.75, 3.05) is 13.1 Å². The van der Waals surface area contributed by atoms with Crippen molar-refractivity contribution in [3.8, 4) is 11.3 Å². The van der Waals surface area contributed by atoms with Gasteiger partial charge in [0, 0.05) is 29.4 Å². The fourth-order valence-electron chi connectivity index (χ4n) is 3.25. The van der Waals surface area contributed by atoms with Gasteiger partial charge < -0.3 is 4.52 Å². The molecule has 3 heterocycles. The number of hydrogen-bond acceptors (Lipinski definition) is 4. The normalized spacial score (nSPS) is 16.7. The third-order valence-electron chi connectivity index (χ3n) is 4.56. The lowest BCUT2D eigenvalue weighted by molar-refractivity contribution is 0.183. The van der Waals surface area contributed by atoms with Crippen molar-refractivity contribution in [1.29, 1.82) is 0 Å². The summed E-state index contributed by atoms with van der Waals surface area (Å²) in [6, 6.07) is 14.3. The van der Waals surface area contributed by atoms with E-state index in [1.54, 1.807) is 0 Å². The van der Waals surface area contributed by atoms with Crippen molar-refractivity contribution in [1.82, 2.24) is 20.3 Å². The third-order valence-corrected chi connectivity index (χ3v) is 4.56. The Labute approximate surface area is 135 Å². The average molecular weight is 308 g/mol. The molecule has 5 heteroatoms. The van der Waals surface area contributed by atoms with Crippen LogP contribution >= 0.6 is 0 Å². The van der Waals surface area contributed by atoms with Crippen molar-refractivity contribution in [3.63, 3.8) is 0 Å². The van der Waals surface area contributed by atoms with E-state index in [0.29, 0.717) is 5.92 Å². The van der Waals surface area contributed by atoms with E-state index in [9.17, 15) is 0 Å². The zero-order chi connectivity index (χ0) is 15.5. The summed E-state index contributed by atoms with van der Waals surface area (Å²) in [7, 11) is 0. The average Bonchev–Trinajstić information content (AvgIpc) is 3.28. The Morgan fingerprint density at radius 1 is 1.13 bits per heavy atom. The zero-order valence-electron chi connectivity index (χ0n) is 13.0. The Bertz CT molecular complexity index is 727.